The molecular formula is C9H20N2O3S. The van der Waals surface area contributed by atoms with Crippen molar-refractivity contribution in [2.75, 3.05) is 32.6 Å². The Morgan fingerprint density at radius 1 is 1.33 bits per heavy atom. The van der Waals surface area contributed by atoms with E-state index in [-0.39, 0.29) is 5.75 Å². The van der Waals surface area contributed by atoms with Crippen molar-refractivity contribution < 1.29 is 13.2 Å². The minimum absolute atomic E-state index is 0.143. The third kappa shape index (κ3) is 6.83. The molecule has 5 nitrogen and oxygen atoms in total. The summed E-state index contributed by atoms with van der Waals surface area (Å²) in [5, 5.41) is 3.24. The lowest BCUT2D eigenvalue weighted by Crippen LogP contribution is -2.34. The molecule has 90 valence electrons. The average Bonchev–Trinajstić information content (AvgIpc) is 2.96. The highest BCUT2D eigenvalue weighted by Gasteiger charge is 2.19. The number of hydrogen-bond acceptors (Lipinski definition) is 4. The first kappa shape index (κ1) is 12.9. The Morgan fingerprint density at radius 2 is 2.07 bits per heavy atom. The second-order valence-corrected chi connectivity index (χ2v) is 5.71. The van der Waals surface area contributed by atoms with Crippen molar-refractivity contribution in [1.82, 2.24) is 10.0 Å². The van der Waals surface area contributed by atoms with Crippen LogP contribution in [-0.2, 0) is 14.8 Å². The van der Waals surface area contributed by atoms with Gasteiger partial charge in [0.2, 0.25) is 10.0 Å². The highest BCUT2D eigenvalue weighted by molar-refractivity contribution is 7.89. The smallest absolute Gasteiger partial charge is 0.211 e. The van der Waals surface area contributed by atoms with Gasteiger partial charge in [0.15, 0.2) is 0 Å². The molecule has 0 aliphatic heterocycles. The zero-order valence-electron chi connectivity index (χ0n) is 9.16. The molecule has 0 aromatic carbocycles. The molecule has 1 saturated carbocycles. The van der Waals surface area contributed by atoms with Crippen molar-refractivity contribution in [3.05, 3.63) is 0 Å². The van der Waals surface area contributed by atoms with Crippen LogP contribution in [0.3, 0.4) is 0 Å². The molecule has 2 N–H and O–H groups in total. The fourth-order valence-corrected chi connectivity index (χ4v) is 2.29. The molecule has 0 aromatic heterocycles. The Morgan fingerprint density at radius 3 is 2.67 bits per heavy atom. The molecule has 15 heavy (non-hydrogen) atoms. The third-order valence-corrected chi connectivity index (χ3v) is 3.69. The first-order valence-electron chi connectivity index (χ1n) is 5.34. The third-order valence-electron chi connectivity index (χ3n) is 2.22. The van der Waals surface area contributed by atoms with Crippen molar-refractivity contribution >= 4 is 10.0 Å². The average molecular weight is 236 g/mol. The zero-order chi connectivity index (χ0) is 11.1. The predicted octanol–water partition coefficient (Wildman–Crippen LogP) is -0.306. The molecule has 0 radical (unpaired) electrons. The Bertz CT molecular complexity index is 263. The van der Waals surface area contributed by atoms with Crippen LogP contribution in [0.5, 0.6) is 0 Å². The van der Waals surface area contributed by atoms with Crippen LogP contribution in [0.4, 0.5) is 0 Å². The summed E-state index contributed by atoms with van der Waals surface area (Å²) >= 11 is 0. The van der Waals surface area contributed by atoms with Crippen LogP contribution in [0.1, 0.15) is 19.3 Å². The van der Waals surface area contributed by atoms with Gasteiger partial charge in [0, 0.05) is 32.8 Å². The number of rotatable bonds is 9. The lowest BCUT2D eigenvalue weighted by Gasteiger charge is -2.06. The molecule has 0 heterocycles. The molecule has 0 spiro atoms. The van der Waals surface area contributed by atoms with E-state index in [1.165, 1.54) is 12.8 Å². The number of sulfonamides is 1. The van der Waals surface area contributed by atoms with Gasteiger partial charge in [-0.25, -0.2) is 13.1 Å². The van der Waals surface area contributed by atoms with E-state index in [0.717, 1.165) is 0 Å². The lowest BCUT2D eigenvalue weighted by atomic mass is 10.5. The van der Waals surface area contributed by atoms with Crippen LogP contribution in [0.15, 0.2) is 0 Å². The van der Waals surface area contributed by atoms with E-state index < -0.39 is 10.0 Å². The summed E-state index contributed by atoms with van der Waals surface area (Å²) in [7, 11) is -1.53. The summed E-state index contributed by atoms with van der Waals surface area (Å²) in [6.45, 7) is 1.68. The van der Waals surface area contributed by atoms with Crippen molar-refractivity contribution in [3.63, 3.8) is 0 Å². The summed E-state index contributed by atoms with van der Waals surface area (Å²) in [5.41, 5.74) is 0. The Balaban J connectivity index is 2.00. The van der Waals surface area contributed by atoms with Crippen LogP contribution in [0.2, 0.25) is 0 Å². The van der Waals surface area contributed by atoms with Crippen LogP contribution in [0.25, 0.3) is 0 Å². The molecule has 0 aromatic rings. The van der Waals surface area contributed by atoms with Crippen molar-refractivity contribution in [3.8, 4) is 0 Å². The zero-order valence-corrected chi connectivity index (χ0v) is 9.98. The van der Waals surface area contributed by atoms with Crippen molar-refractivity contribution in [1.29, 1.82) is 0 Å². The number of methoxy groups -OCH3 is 1. The monoisotopic (exact) mass is 236 g/mol. The van der Waals surface area contributed by atoms with Crippen molar-refractivity contribution in [2.45, 2.75) is 25.3 Å². The molecular weight excluding hydrogens is 216 g/mol. The molecule has 0 atom stereocenters. The van der Waals surface area contributed by atoms with Gasteiger partial charge in [-0.2, -0.15) is 0 Å². The molecule has 1 aliphatic rings. The Labute approximate surface area is 91.6 Å². The molecule has 1 fully saturated rings. The SMILES string of the molecule is COCCCS(=O)(=O)NCCNC1CC1. The first-order valence-corrected chi connectivity index (χ1v) is 6.99. The minimum Gasteiger partial charge on any atom is -0.385 e. The van der Waals surface area contributed by atoms with E-state index >= 15 is 0 Å². The van der Waals surface area contributed by atoms with Crippen LogP contribution < -0.4 is 10.0 Å². The summed E-state index contributed by atoms with van der Waals surface area (Å²) < 4.78 is 30.1. The van der Waals surface area contributed by atoms with E-state index in [9.17, 15) is 8.42 Å². The largest absolute Gasteiger partial charge is 0.385 e. The van der Waals surface area contributed by atoms with E-state index in [1.54, 1.807) is 7.11 Å². The number of nitrogens with one attached hydrogen (secondary N) is 2. The van der Waals surface area contributed by atoms with Crippen molar-refractivity contribution in [2.24, 2.45) is 0 Å². The molecule has 1 aliphatic carbocycles. The standard InChI is InChI=1S/C9H20N2O3S/c1-14-7-2-8-15(12,13)11-6-5-10-9-3-4-9/h9-11H,2-8H2,1H3. The Kier molecular flexibility index (Phi) is 5.52. The van der Waals surface area contributed by atoms with E-state index in [4.69, 9.17) is 4.74 Å². The highest BCUT2D eigenvalue weighted by atomic mass is 32.2. The van der Waals surface area contributed by atoms with Crippen LogP contribution in [0, 0.1) is 0 Å². The fraction of sp³-hybridized carbons (Fsp3) is 1.00. The first-order chi connectivity index (χ1) is 7.14. The van der Waals surface area contributed by atoms with E-state index in [1.807, 2.05) is 0 Å². The molecule has 6 heteroatoms. The fourth-order valence-electron chi connectivity index (χ4n) is 1.24. The summed E-state index contributed by atoms with van der Waals surface area (Å²) in [5.74, 6) is 0.143. The number of hydrogen-bond donors (Lipinski definition) is 2. The summed E-state index contributed by atoms with van der Waals surface area (Å²) in [6, 6.07) is 0.628. The second kappa shape index (κ2) is 6.42. The second-order valence-electron chi connectivity index (χ2n) is 3.79. The van der Waals surface area contributed by atoms with Gasteiger partial charge in [0.25, 0.3) is 0 Å². The minimum atomic E-state index is -3.10. The molecule has 0 amide bonds. The molecule has 0 bridgehead atoms. The quantitative estimate of drug-likeness (QED) is 0.539. The molecule has 0 saturated heterocycles. The van der Waals surface area contributed by atoms with Gasteiger partial charge in [-0.1, -0.05) is 0 Å². The predicted molar refractivity (Wildman–Crippen MR) is 59.3 cm³/mol. The maximum atomic E-state index is 11.4. The topological polar surface area (TPSA) is 67.4 Å². The van der Waals surface area contributed by atoms with Gasteiger partial charge < -0.3 is 10.1 Å². The highest BCUT2D eigenvalue weighted by Crippen LogP contribution is 2.17. The van der Waals surface area contributed by atoms with Crippen LogP contribution in [-0.4, -0.2) is 47.0 Å². The normalized spacial score (nSPS) is 16.9. The van der Waals surface area contributed by atoms with Gasteiger partial charge in [-0.15, -0.1) is 0 Å². The van der Waals surface area contributed by atoms with Gasteiger partial charge in [0.1, 0.15) is 0 Å². The molecule has 0 unspecified atom stereocenters. The maximum Gasteiger partial charge on any atom is 0.211 e. The lowest BCUT2D eigenvalue weighted by molar-refractivity contribution is 0.199. The van der Waals surface area contributed by atoms with E-state index in [0.29, 0.717) is 32.2 Å². The van der Waals surface area contributed by atoms with Gasteiger partial charge >= 0.3 is 0 Å². The van der Waals surface area contributed by atoms with Gasteiger partial charge in [-0.3, -0.25) is 0 Å². The van der Waals surface area contributed by atoms with Crippen LogP contribution >= 0.6 is 0 Å². The number of ether oxygens (including phenoxy) is 1. The van der Waals surface area contributed by atoms with E-state index in [2.05, 4.69) is 10.0 Å². The van der Waals surface area contributed by atoms with Gasteiger partial charge in [0.05, 0.1) is 5.75 Å². The molecule has 1 rings (SSSR count). The van der Waals surface area contributed by atoms with Gasteiger partial charge in [-0.05, 0) is 19.3 Å². The summed E-state index contributed by atoms with van der Waals surface area (Å²) in [4.78, 5) is 0. The Hall–Kier alpha value is -0.170. The summed E-state index contributed by atoms with van der Waals surface area (Å²) in [6.07, 6.45) is 2.99. The maximum absolute atomic E-state index is 11.4.